The Labute approximate surface area is 276 Å². The first-order valence-electron chi connectivity index (χ1n) is 17.0. The van der Waals surface area contributed by atoms with E-state index in [1.54, 1.807) is 30.9 Å². The molecule has 1 saturated heterocycles. The monoisotopic (exact) mass is 655 g/mol. The Hall–Kier alpha value is -3.39. The number of aromatic nitrogens is 2. The minimum Gasteiger partial charge on any atom is -0.394 e. The molecule has 2 saturated carbocycles. The van der Waals surface area contributed by atoms with Gasteiger partial charge in [-0.25, -0.2) is 4.39 Å². The smallest absolute Gasteiger partial charge is 0.245 e. The van der Waals surface area contributed by atoms with Gasteiger partial charge in [-0.15, -0.1) is 0 Å². The van der Waals surface area contributed by atoms with E-state index in [1.165, 1.54) is 23.0 Å². The number of carbonyl (C=O) groups is 3. The molecule has 5 rings (SSSR count). The fourth-order valence-corrected chi connectivity index (χ4v) is 6.81. The number of piperazine rings is 1. The van der Waals surface area contributed by atoms with Gasteiger partial charge in [0, 0.05) is 44.2 Å². The molecule has 47 heavy (non-hydrogen) atoms. The van der Waals surface area contributed by atoms with Crippen LogP contribution in [0.2, 0.25) is 0 Å². The lowest BCUT2D eigenvalue weighted by Gasteiger charge is -2.40. The third kappa shape index (κ3) is 8.37. The predicted molar refractivity (Wildman–Crippen MR) is 174 cm³/mol. The van der Waals surface area contributed by atoms with Crippen LogP contribution in [0.3, 0.4) is 0 Å². The highest BCUT2D eigenvalue weighted by molar-refractivity contribution is 5.95. The van der Waals surface area contributed by atoms with Crippen LogP contribution in [0.1, 0.15) is 76.3 Å². The summed E-state index contributed by atoms with van der Waals surface area (Å²) in [5.41, 5.74) is 0.946. The Bertz CT molecular complexity index is 1400. The van der Waals surface area contributed by atoms with Gasteiger partial charge in [0.05, 0.1) is 30.6 Å². The molecule has 3 aliphatic rings. The van der Waals surface area contributed by atoms with E-state index in [1.807, 2.05) is 7.05 Å². The Morgan fingerprint density at radius 3 is 2.38 bits per heavy atom. The van der Waals surface area contributed by atoms with E-state index in [9.17, 15) is 24.6 Å². The Morgan fingerprint density at radius 2 is 1.79 bits per heavy atom. The van der Waals surface area contributed by atoms with Gasteiger partial charge < -0.3 is 30.6 Å². The van der Waals surface area contributed by atoms with Crippen LogP contribution >= 0.6 is 0 Å². The standard InChI is InChI=1S/C34H50FN7O5/c1-5-28(44)38-30(34(47)41-15-14-40(4)20(2)19-41)21(3)24-10-11-26(25(35)18-24)37-33(46)31(29(22-6-7-22)23-8-9-23)39-32(45)27-12-13-36-42(27)16-17-43/h10-13,18,20-23,29-32,39,43,45H,5-9,14-17,19H2,1-4H3,(H,37,46)(H,38,44)/t20-,21+,30-,31+,32?/m1/s1. The quantitative estimate of drug-likeness (QED) is 0.183. The van der Waals surface area contributed by atoms with Crippen molar-refractivity contribution < 1.29 is 29.0 Å². The van der Waals surface area contributed by atoms with Crippen molar-refractivity contribution in [1.29, 1.82) is 0 Å². The minimum atomic E-state index is -1.22. The molecular formula is C34H50FN7O5. The lowest BCUT2D eigenvalue weighted by atomic mass is 9.88. The molecule has 3 fully saturated rings. The number of aliphatic hydroxyl groups is 2. The van der Waals surface area contributed by atoms with Crippen LogP contribution < -0.4 is 16.0 Å². The number of rotatable bonds is 15. The van der Waals surface area contributed by atoms with Crippen LogP contribution in [0.5, 0.6) is 0 Å². The second-order valence-electron chi connectivity index (χ2n) is 13.5. The summed E-state index contributed by atoms with van der Waals surface area (Å²) in [6.45, 7) is 7.42. The molecular weight excluding hydrogens is 605 g/mol. The Kier molecular flexibility index (Phi) is 11.3. The summed E-state index contributed by atoms with van der Waals surface area (Å²) in [6, 6.07) is 4.65. The lowest BCUT2D eigenvalue weighted by Crippen LogP contribution is -2.58. The predicted octanol–water partition coefficient (Wildman–Crippen LogP) is 2.20. The summed E-state index contributed by atoms with van der Waals surface area (Å²) in [6.07, 6.45) is 4.55. The molecule has 0 spiro atoms. The SMILES string of the molecule is CCC(=O)N[C@@H](C(=O)N1CCN(C)[C@H](C)C1)[C@@H](C)c1ccc(NC(=O)[C@@H](NC(O)c2ccnn2CCO)C(C2CC2)C2CC2)c(F)c1. The van der Waals surface area contributed by atoms with Crippen molar-refractivity contribution in [3.63, 3.8) is 0 Å². The molecule has 12 nitrogen and oxygen atoms in total. The van der Waals surface area contributed by atoms with Gasteiger partial charge in [-0.2, -0.15) is 5.10 Å². The number of nitrogens with zero attached hydrogens (tertiary/aromatic N) is 4. The van der Waals surface area contributed by atoms with E-state index in [2.05, 4.69) is 32.9 Å². The molecule has 1 unspecified atom stereocenters. The van der Waals surface area contributed by atoms with E-state index in [-0.39, 0.29) is 49.0 Å². The maximum atomic E-state index is 15.7. The molecule has 0 bridgehead atoms. The molecule has 5 N–H and O–H groups in total. The van der Waals surface area contributed by atoms with Crippen LogP contribution in [-0.4, -0.2) is 98.9 Å². The van der Waals surface area contributed by atoms with Crippen molar-refractivity contribution in [3.05, 3.63) is 47.5 Å². The maximum absolute atomic E-state index is 15.7. The second-order valence-corrected chi connectivity index (χ2v) is 13.5. The van der Waals surface area contributed by atoms with Gasteiger partial charge >= 0.3 is 0 Å². The van der Waals surface area contributed by atoms with Crippen molar-refractivity contribution in [2.75, 3.05) is 38.6 Å². The van der Waals surface area contributed by atoms with Crippen molar-refractivity contribution in [1.82, 2.24) is 30.2 Å². The number of aliphatic hydroxyl groups excluding tert-OH is 2. The molecule has 3 amide bonds. The zero-order valence-electron chi connectivity index (χ0n) is 27.9. The topological polar surface area (TPSA) is 152 Å². The lowest BCUT2D eigenvalue weighted by molar-refractivity contribution is -0.139. The molecule has 2 heterocycles. The molecule has 2 aliphatic carbocycles. The largest absolute Gasteiger partial charge is 0.394 e. The number of amides is 3. The highest BCUT2D eigenvalue weighted by Crippen LogP contribution is 2.51. The first-order valence-corrected chi connectivity index (χ1v) is 17.0. The highest BCUT2D eigenvalue weighted by atomic mass is 19.1. The molecule has 5 atom stereocenters. The molecule has 13 heteroatoms. The first-order chi connectivity index (χ1) is 22.5. The molecule has 0 radical (unpaired) electrons. The Morgan fingerprint density at radius 1 is 1.09 bits per heavy atom. The zero-order chi connectivity index (χ0) is 33.8. The first kappa shape index (κ1) is 34.9. The van der Waals surface area contributed by atoms with Gasteiger partial charge in [-0.05, 0) is 81.2 Å². The fourth-order valence-electron chi connectivity index (χ4n) is 6.81. The summed E-state index contributed by atoms with van der Waals surface area (Å²) >= 11 is 0. The van der Waals surface area contributed by atoms with Crippen molar-refractivity contribution in [2.24, 2.45) is 17.8 Å². The van der Waals surface area contributed by atoms with E-state index in [0.29, 0.717) is 36.2 Å². The summed E-state index contributed by atoms with van der Waals surface area (Å²) < 4.78 is 17.2. The van der Waals surface area contributed by atoms with E-state index in [4.69, 9.17) is 0 Å². The van der Waals surface area contributed by atoms with Crippen LogP contribution in [0.4, 0.5) is 10.1 Å². The fraction of sp³-hybridized carbons (Fsp3) is 0.647. The molecule has 258 valence electrons. The van der Waals surface area contributed by atoms with Crippen LogP contribution in [-0.2, 0) is 20.9 Å². The van der Waals surface area contributed by atoms with Crippen molar-refractivity contribution in [2.45, 2.75) is 89.7 Å². The number of halogens is 1. The van der Waals surface area contributed by atoms with Crippen LogP contribution in [0.15, 0.2) is 30.5 Å². The number of carbonyl (C=O) groups excluding carboxylic acids is 3. The molecule has 1 aromatic carbocycles. The van der Waals surface area contributed by atoms with Crippen molar-refractivity contribution in [3.8, 4) is 0 Å². The second kappa shape index (κ2) is 15.2. The van der Waals surface area contributed by atoms with Gasteiger partial charge in [0.25, 0.3) is 0 Å². The Balaban J connectivity index is 1.33. The molecule has 1 aliphatic heterocycles. The van der Waals surface area contributed by atoms with Crippen LogP contribution in [0, 0.1) is 23.6 Å². The highest BCUT2D eigenvalue weighted by Gasteiger charge is 2.48. The van der Waals surface area contributed by atoms with Gasteiger partial charge in [0.1, 0.15) is 18.1 Å². The number of anilines is 1. The van der Waals surface area contributed by atoms with Crippen molar-refractivity contribution >= 4 is 23.4 Å². The summed E-state index contributed by atoms with van der Waals surface area (Å²) in [7, 11) is 2.02. The summed E-state index contributed by atoms with van der Waals surface area (Å²) in [4.78, 5) is 44.0. The van der Waals surface area contributed by atoms with Gasteiger partial charge in [-0.3, -0.25) is 24.4 Å². The summed E-state index contributed by atoms with van der Waals surface area (Å²) in [5, 5.41) is 33.4. The van der Waals surface area contributed by atoms with Gasteiger partial charge in [0.2, 0.25) is 17.7 Å². The van der Waals surface area contributed by atoms with E-state index in [0.717, 1.165) is 32.2 Å². The maximum Gasteiger partial charge on any atom is 0.245 e. The van der Waals surface area contributed by atoms with Gasteiger partial charge in [-0.1, -0.05) is 19.9 Å². The molecule has 2 aromatic rings. The number of likely N-dealkylation sites (N-methyl/N-ethyl adjacent to an activating group) is 1. The average Bonchev–Trinajstić information content (AvgIpc) is 4.00. The average molecular weight is 656 g/mol. The third-order valence-electron chi connectivity index (χ3n) is 10.1. The number of nitrogens with one attached hydrogen (secondary N) is 3. The third-order valence-corrected chi connectivity index (χ3v) is 10.1. The normalized spacial score (nSPS) is 21.3. The van der Waals surface area contributed by atoms with Gasteiger partial charge in [0.15, 0.2) is 0 Å². The van der Waals surface area contributed by atoms with Crippen LogP contribution in [0.25, 0.3) is 0 Å². The summed E-state index contributed by atoms with van der Waals surface area (Å²) in [5.74, 6) is -1.39. The number of benzene rings is 1. The zero-order valence-corrected chi connectivity index (χ0v) is 27.9. The van der Waals surface area contributed by atoms with E-state index < -0.39 is 36.0 Å². The minimum absolute atomic E-state index is 0.00345. The molecule has 1 aromatic heterocycles. The number of hydrogen-bond donors (Lipinski definition) is 5. The number of hydrogen-bond acceptors (Lipinski definition) is 8. The van der Waals surface area contributed by atoms with E-state index >= 15 is 4.39 Å².